The lowest BCUT2D eigenvalue weighted by Gasteiger charge is -2.34. The number of carbonyl (C=O) groups excluding carboxylic acids is 3. The maximum atomic E-state index is 12.6. The highest BCUT2D eigenvalue weighted by atomic mass is 16.6. The van der Waals surface area contributed by atoms with Gasteiger partial charge in [-0.25, -0.2) is 0 Å². The molecule has 2 atom stereocenters. The minimum absolute atomic E-state index is 0.0398. The number of nitrogens with zero attached hydrogens (tertiary/aromatic N) is 1. The number of likely N-dealkylation sites (N-methyl/N-ethyl adjacent to an activating group) is 1. The number of quaternary nitrogens is 1. The van der Waals surface area contributed by atoms with E-state index in [-0.39, 0.29) is 42.7 Å². The third-order valence-corrected chi connectivity index (χ3v) is 8.62. The van der Waals surface area contributed by atoms with E-state index >= 15 is 0 Å². The number of unbranched alkanes of at least 4 members (excludes halogenated alkanes) is 17. The monoisotopic (exact) mass is 680 g/mol. The van der Waals surface area contributed by atoms with Crippen molar-refractivity contribution < 1.29 is 38.2 Å². The number of carboxylic acid groups (broad SMARTS) is 1. The van der Waals surface area contributed by atoms with E-state index in [4.69, 9.17) is 14.2 Å². The van der Waals surface area contributed by atoms with Crippen molar-refractivity contribution >= 4 is 17.9 Å². The molecule has 0 N–H and O–H groups in total. The van der Waals surface area contributed by atoms with Crippen LogP contribution < -0.4 is 5.11 Å². The Hall–Kier alpha value is -2.19. The Bertz CT molecular complexity index is 849. The summed E-state index contributed by atoms with van der Waals surface area (Å²) in [5, 5.41) is 11.6. The Kier molecular flexibility index (Phi) is 30.6. The standard InChI is InChI=1S/C40H73NO7/c1-6-8-10-12-14-16-17-18-19-20-21-23-24-26-28-30-38(42)47-35-36(34-46-33-32-37(40(44)45)41(3,4)5)48-39(43)31-29-27-25-22-15-13-11-9-7-2/h14,16-18,36-37H,6-13,15,19-35H2,1-5H3/b16-14+,18-17+. The molecular weight excluding hydrogens is 606 g/mol. The van der Waals surface area contributed by atoms with Crippen LogP contribution in [0.15, 0.2) is 24.3 Å². The highest BCUT2D eigenvalue weighted by Crippen LogP contribution is 2.13. The van der Waals surface area contributed by atoms with Crippen molar-refractivity contribution in [2.75, 3.05) is 41.0 Å². The first-order valence-corrected chi connectivity index (χ1v) is 19.4. The van der Waals surface area contributed by atoms with Gasteiger partial charge in [-0.05, 0) is 38.5 Å². The fourth-order valence-corrected chi connectivity index (χ4v) is 5.53. The first-order valence-electron chi connectivity index (χ1n) is 19.4. The Balaban J connectivity index is 4.39. The highest BCUT2D eigenvalue weighted by molar-refractivity contribution is 5.70. The summed E-state index contributed by atoms with van der Waals surface area (Å²) in [6, 6.07) is -0.723. The molecule has 0 aliphatic rings. The van der Waals surface area contributed by atoms with E-state index in [0.29, 0.717) is 12.8 Å². The molecule has 8 nitrogen and oxygen atoms in total. The molecule has 8 heteroatoms. The lowest BCUT2D eigenvalue weighted by molar-refractivity contribution is -0.889. The van der Waals surface area contributed by atoms with Crippen molar-refractivity contribution in [2.45, 2.75) is 174 Å². The summed E-state index contributed by atoms with van der Waals surface area (Å²) in [5.74, 6) is -1.75. The van der Waals surface area contributed by atoms with E-state index < -0.39 is 18.1 Å². The quantitative estimate of drug-likeness (QED) is 0.0291. The summed E-state index contributed by atoms with van der Waals surface area (Å²) >= 11 is 0. The summed E-state index contributed by atoms with van der Waals surface area (Å²) in [6.07, 6.45) is 32.0. The summed E-state index contributed by atoms with van der Waals surface area (Å²) < 4.78 is 17.1. The number of hydrogen-bond acceptors (Lipinski definition) is 7. The first kappa shape index (κ1) is 45.8. The van der Waals surface area contributed by atoms with Gasteiger partial charge in [0.2, 0.25) is 0 Å². The normalized spacial score (nSPS) is 13.3. The van der Waals surface area contributed by atoms with Gasteiger partial charge in [0.05, 0.1) is 40.3 Å². The Labute approximate surface area is 294 Å². The molecule has 0 aliphatic carbocycles. The van der Waals surface area contributed by atoms with Crippen LogP contribution in [0.4, 0.5) is 0 Å². The maximum Gasteiger partial charge on any atom is 0.306 e. The second kappa shape index (κ2) is 32.0. The van der Waals surface area contributed by atoms with E-state index in [2.05, 4.69) is 38.2 Å². The van der Waals surface area contributed by atoms with Crippen LogP contribution in [-0.2, 0) is 28.6 Å². The van der Waals surface area contributed by atoms with Crippen LogP contribution in [0.25, 0.3) is 0 Å². The zero-order valence-corrected chi connectivity index (χ0v) is 31.7. The molecule has 0 spiro atoms. The van der Waals surface area contributed by atoms with Crippen LogP contribution in [0.1, 0.15) is 162 Å². The van der Waals surface area contributed by atoms with E-state index in [9.17, 15) is 19.5 Å². The first-order chi connectivity index (χ1) is 23.1. The predicted molar refractivity (Wildman–Crippen MR) is 194 cm³/mol. The predicted octanol–water partition coefficient (Wildman–Crippen LogP) is 8.41. The second-order valence-corrected chi connectivity index (χ2v) is 14.2. The van der Waals surface area contributed by atoms with Gasteiger partial charge in [-0.15, -0.1) is 0 Å². The molecule has 0 rings (SSSR count). The minimum atomic E-state index is -1.13. The van der Waals surface area contributed by atoms with Gasteiger partial charge in [-0.2, -0.15) is 0 Å². The Morgan fingerprint density at radius 1 is 0.625 bits per heavy atom. The van der Waals surface area contributed by atoms with Gasteiger partial charge in [-0.1, -0.05) is 128 Å². The van der Waals surface area contributed by atoms with Crippen molar-refractivity contribution in [3.63, 3.8) is 0 Å². The van der Waals surface area contributed by atoms with Gasteiger partial charge in [0.15, 0.2) is 6.10 Å². The molecule has 0 aromatic heterocycles. The van der Waals surface area contributed by atoms with Gasteiger partial charge in [0, 0.05) is 19.3 Å². The SMILES string of the molecule is CCCCC/C=C/C=C/CCCCCCCCC(=O)OCC(COCCC(C(=O)[O-])[N+](C)(C)C)OC(=O)CCCCCCCCCCC. The summed E-state index contributed by atoms with van der Waals surface area (Å²) in [5.41, 5.74) is 0. The number of esters is 2. The molecule has 0 aromatic rings. The molecule has 48 heavy (non-hydrogen) atoms. The summed E-state index contributed by atoms with van der Waals surface area (Å²) in [4.78, 5) is 36.6. The third-order valence-electron chi connectivity index (χ3n) is 8.62. The molecule has 0 radical (unpaired) electrons. The van der Waals surface area contributed by atoms with Crippen LogP contribution in [0.2, 0.25) is 0 Å². The van der Waals surface area contributed by atoms with Gasteiger partial charge >= 0.3 is 11.9 Å². The number of hydrogen-bond donors (Lipinski definition) is 0. The average Bonchev–Trinajstić information content (AvgIpc) is 3.03. The number of carboxylic acids is 1. The maximum absolute atomic E-state index is 12.6. The molecule has 0 bridgehead atoms. The second-order valence-electron chi connectivity index (χ2n) is 14.2. The van der Waals surface area contributed by atoms with E-state index in [1.54, 1.807) is 21.1 Å². The van der Waals surface area contributed by atoms with Gasteiger partial charge in [-0.3, -0.25) is 9.59 Å². The molecule has 0 heterocycles. The van der Waals surface area contributed by atoms with Gasteiger partial charge in [0.1, 0.15) is 12.6 Å². The van der Waals surface area contributed by atoms with Crippen molar-refractivity contribution in [1.82, 2.24) is 0 Å². The smallest absolute Gasteiger partial charge is 0.306 e. The molecular formula is C40H73NO7. The number of carbonyl (C=O) groups is 3. The number of aliphatic carboxylic acids is 1. The number of allylic oxidation sites excluding steroid dienone is 4. The number of ether oxygens (including phenoxy) is 3. The molecule has 0 fully saturated rings. The Morgan fingerprint density at radius 2 is 1.08 bits per heavy atom. The van der Waals surface area contributed by atoms with E-state index in [1.807, 2.05) is 0 Å². The van der Waals surface area contributed by atoms with Crippen LogP contribution in [0, 0.1) is 0 Å². The fourth-order valence-electron chi connectivity index (χ4n) is 5.53. The van der Waals surface area contributed by atoms with Crippen LogP contribution in [-0.4, -0.2) is 75.5 Å². The lowest BCUT2D eigenvalue weighted by Crippen LogP contribution is -2.55. The van der Waals surface area contributed by atoms with Gasteiger partial charge < -0.3 is 28.6 Å². The Morgan fingerprint density at radius 3 is 1.60 bits per heavy atom. The molecule has 0 saturated heterocycles. The molecule has 0 saturated carbocycles. The zero-order valence-electron chi connectivity index (χ0n) is 31.7. The lowest BCUT2D eigenvalue weighted by atomic mass is 10.1. The largest absolute Gasteiger partial charge is 0.544 e. The molecule has 0 amide bonds. The van der Waals surface area contributed by atoms with Crippen LogP contribution >= 0.6 is 0 Å². The van der Waals surface area contributed by atoms with Crippen LogP contribution in [0.5, 0.6) is 0 Å². The van der Waals surface area contributed by atoms with Gasteiger partial charge in [0.25, 0.3) is 0 Å². The van der Waals surface area contributed by atoms with Crippen LogP contribution in [0.3, 0.4) is 0 Å². The molecule has 0 aromatic carbocycles. The van der Waals surface area contributed by atoms with Crippen molar-refractivity contribution in [3.05, 3.63) is 24.3 Å². The zero-order chi connectivity index (χ0) is 35.7. The highest BCUT2D eigenvalue weighted by Gasteiger charge is 2.25. The summed E-state index contributed by atoms with van der Waals surface area (Å²) in [6.45, 7) is 4.59. The molecule has 0 aliphatic heterocycles. The average molecular weight is 680 g/mol. The molecule has 280 valence electrons. The van der Waals surface area contributed by atoms with Crippen molar-refractivity contribution in [2.24, 2.45) is 0 Å². The van der Waals surface area contributed by atoms with Crippen molar-refractivity contribution in [1.29, 1.82) is 0 Å². The molecule has 2 unspecified atom stereocenters. The summed E-state index contributed by atoms with van der Waals surface area (Å²) in [7, 11) is 5.39. The van der Waals surface area contributed by atoms with E-state index in [0.717, 1.165) is 51.4 Å². The number of rotatable bonds is 34. The van der Waals surface area contributed by atoms with E-state index in [1.165, 1.54) is 77.0 Å². The third kappa shape index (κ3) is 29.9. The van der Waals surface area contributed by atoms with Crippen molar-refractivity contribution in [3.8, 4) is 0 Å². The fraction of sp³-hybridized carbons (Fsp3) is 0.825. The topological polar surface area (TPSA) is 102 Å². The minimum Gasteiger partial charge on any atom is -0.544 e.